The molecule has 1 N–H and O–H groups in total. The molecule has 2 saturated heterocycles. The van der Waals surface area contributed by atoms with Crippen molar-refractivity contribution in [2.24, 2.45) is 0 Å². The molecule has 5 nitrogen and oxygen atoms in total. The Hall–Kier alpha value is -2.31. The normalized spacial score (nSPS) is 21.0. The van der Waals surface area contributed by atoms with Gasteiger partial charge in [0, 0.05) is 49.6 Å². The summed E-state index contributed by atoms with van der Waals surface area (Å²) in [5.74, 6) is -0.436. The topological polar surface area (TPSA) is 54.5 Å². The summed E-state index contributed by atoms with van der Waals surface area (Å²) in [6.07, 6.45) is 7.39. The first-order valence-electron chi connectivity index (χ1n) is 10.0. The Bertz CT molecular complexity index is 798. The monoisotopic (exact) mass is 383 g/mol. The Kier molecular flexibility index (Phi) is 5.98. The molecule has 1 atom stereocenters. The van der Waals surface area contributed by atoms with Gasteiger partial charge in [-0.05, 0) is 49.4 Å². The zero-order chi connectivity index (χ0) is 19.3. The van der Waals surface area contributed by atoms with Crippen LogP contribution in [0, 0.1) is 5.82 Å². The Morgan fingerprint density at radius 1 is 1.18 bits per heavy atom. The minimum atomic E-state index is -0.366. The number of pyridine rings is 1. The molecule has 0 spiro atoms. The smallest absolute Gasteiger partial charge is 0.251 e. The van der Waals surface area contributed by atoms with Crippen LogP contribution in [0.3, 0.4) is 0 Å². The second-order valence-electron chi connectivity index (χ2n) is 7.62. The van der Waals surface area contributed by atoms with E-state index in [0.717, 1.165) is 51.1 Å². The summed E-state index contributed by atoms with van der Waals surface area (Å²) in [5.41, 5.74) is 1.82. The number of hydrogen-bond acceptors (Lipinski definition) is 4. The molecule has 1 aromatic heterocycles. The Morgan fingerprint density at radius 2 is 1.96 bits per heavy atom. The maximum atomic E-state index is 13.8. The van der Waals surface area contributed by atoms with Crippen LogP contribution in [0.15, 0.2) is 42.7 Å². The van der Waals surface area contributed by atoms with Crippen molar-refractivity contribution >= 4 is 5.91 Å². The molecule has 0 unspecified atom stereocenters. The van der Waals surface area contributed by atoms with Gasteiger partial charge in [0.05, 0.1) is 12.3 Å². The molecule has 148 valence electrons. The van der Waals surface area contributed by atoms with Gasteiger partial charge in [-0.15, -0.1) is 0 Å². The zero-order valence-electron chi connectivity index (χ0n) is 15.9. The van der Waals surface area contributed by atoms with E-state index in [1.807, 2.05) is 0 Å². The summed E-state index contributed by atoms with van der Waals surface area (Å²) in [4.78, 5) is 18.8. The van der Waals surface area contributed by atoms with Gasteiger partial charge in [0.15, 0.2) is 0 Å². The lowest BCUT2D eigenvalue weighted by Crippen LogP contribution is -2.46. The van der Waals surface area contributed by atoms with E-state index in [-0.39, 0.29) is 17.8 Å². The van der Waals surface area contributed by atoms with Crippen LogP contribution in [0.25, 0.3) is 11.1 Å². The van der Waals surface area contributed by atoms with Gasteiger partial charge in [-0.1, -0.05) is 12.1 Å². The van der Waals surface area contributed by atoms with E-state index < -0.39 is 0 Å². The lowest BCUT2D eigenvalue weighted by Gasteiger charge is -2.33. The molecule has 1 aromatic carbocycles. The lowest BCUT2D eigenvalue weighted by molar-refractivity contribution is 0.0613. The lowest BCUT2D eigenvalue weighted by atomic mass is 10.0. The van der Waals surface area contributed by atoms with Crippen molar-refractivity contribution in [3.8, 4) is 11.1 Å². The molecule has 0 radical (unpaired) electrons. The molecule has 2 aromatic rings. The van der Waals surface area contributed by atoms with E-state index in [0.29, 0.717) is 17.2 Å². The van der Waals surface area contributed by atoms with Crippen LogP contribution in [0.1, 0.15) is 36.0 Å². The number of aromatic nitrogens is 1. The number of nitrogens with zero attached hydrogens (tertiary/aromatic N) is 2. The quantitative estimate of drug-likeness (QED) is 0.861. The molecule has 4 rings (SSSR count). The van der Waals surface area contributed by atoms with Crippen molar-refractivity contribution in [1.82, 2.24) is 15.2 Å². The standard InChI is InChI=1S/C22H26FN3O2/c23-21-14-24-10-7-20(21)16-3-5-17(6-4-16)22(27)25-18-8-11-26(12-9-18)15-19-2-1-13-28-19/h3-7,10,14,18-19H,1-2,8-9,11-13,15H2,(H,25,27)/t19-/m1/s1. The van der Waals surface area contributed by atoms with Gasteiger partial charge in [-0.25, -0.2) is 4.39 Å². The molecule has 0 saturated carbocycles. The number of ether oxygens (including phenoxy) is 1. The molecule has 2 aliphatic heterocycles. The highest BCUT2D eigenvalue weighted by atomic mass is 19.1. The van der Waals surface area contributed by atoms with Crippen LogP contribution < -0.4 is 5.32 Å². The van der Waals surface area contributed by atoms with Crippen molar-refractivity contribution in [2.75, 3.05) is 26.2 Å². The predicted octanol–water partition coefficient (Wildman–Crippen LogP) is 3.26. The van der Waals surface area contributed by atoms with Crippen molar-refractivity contribution in [3.05, 3.63) is 54.1 Å². The molecular weight excluding hydrogens is 357 g/mol. The summed E-state index contributed by atoms with van der Waals surface area (Å²) in [6, 6.07) is 8.88. The number of rotatable bonds is 5. The van der Waals surface area contributed by atoms with Gasteiger partial charge in [-0.2, -0.15) is 0 Å². The van der Waals surface area contributed by atoms with Crippen molar-refractivity contribution < 1.29 is 13.9 Å². The number of carbonyl (C=O) groups is 1. The highest BCUT2D eigenvalue weighted by molar-refractivity contribution is 5.94. The third-order valence-corrected chi connectivity index (χ3v) is 5.64. The average Bonchev–Trinajstić information content (AvgIpc) is 3.23. The van der Waals surface area contributed by atoms with Crippen LogP contribution in [0.4, 0.5) is 4.39 Å². The third-order valence-electron chi connectivity index (χ3n) is 5.64. The van der Waals surface area contributed by atoms with Crippen LogP contribution >= 0.6 is 0 Å². The summed E-state index contributed by atoms with van der Waals surface area (Å²) in [7, 11) is 0. The maximum absolute atomic E-state index is 13.8. The van der Waals surface area contributed by atoms with Crippen molar-refractivity contribution in [2.45, 2.75) is 37.8 Å². The van der Waals surface area contributed by atoms with Crippen LogP contribution in [-0.2, 0) is 4.74 Å². The summed E-state index contributed by atoms with van der Waals surface area (Å²) < 4.78 is 19.6. The van der Waals surface area contributed by atoms with Gasteiger partial charge in [0.25, 0.3) is 5.91 Å². The largest absolute Gasteiger partial charge is 0.377 e. The number of nitrogens with one attached hydrogen (secondary N) is 1. The second kappa shape index (κ2) is 8.80. The van der Waals surface area contributed by atoms with E-state index in [1.54, 1.807) is 36.5 Å². The van der Waals surface area contributed by atoms with Crippen molar-refractivity contribution in [3.63, 3.8) is 0 Å². The number of amides is 1. The van der Waals surface area contributed by atoms with Crippen LogP contribution in [0.2, 0.25) is 0 Å². The molecule has 1 amide bonds. The van der Waals surface area contributed by atoms with E-state index in [4.69, 9.17) is 4.74 Å². The fourth-order valence-electron chi connectivity index (χ4n) is 4.02. The fraction of sp³-hybridized carbons (Fsp3) is 0.455. The highest BCUT2D eigenvalue weighted by Crippen LogP contribution is 2.22. The number of hydrogen-bond donors (Lipinski definition) is 1. The highest BCUT2D eigenvalue weighted by Gasteiger charge is 2.24. The third kappa shape index (κ3) is 4.56. The van der Waals surface area contributed by atoms with E-state index in [2.05, 4.69) is 15.2 Å². The van der Waals surface area contributed by atoms with E-state index in [1.165, 1.54) is 12.6 Å². The molecule has 2 fully saturated rings. The van der Waals surface area contributed by atoms with Crippen LogP contribution in [-0.4, -0.2) is 54.2 Å². The first-order chi connectivity index (χ1) is 13.7. The number of benzene rings is 1. The van der Waals surface area contributed by atoms with E-state index in [9.17, 15) is 9.18 Å². The molecule has 0 bridgehead atoms. The molecule has 0 aliphatic carbocycles. The maximum Gasteiger partial charge on any atom is 0.251 e. The Balaban J connectivity index is 1.29. The Morgan fingerprint density at radius 3 is 2.64 bits per heavy atom. The molecular formula is C22H26FN3O2. The summed E-state index contributed by atoms with van der Waals surface area (Å²) in [6.45, 7) is 3.88. The van der Waals surface area contributed by atoms with Gasteiger partial charge in [0.2, 0.25) is 0 Å². The van der Waals surface area contributed by atoms with E-state index >= 15 is 0 Å². The molecule has 2 aliphatic rings. The molecule has 6 heteroatoms. The first kappa shape index (κ1) is 19.0. The molecule has 3 heterocycles. The average molecular weight is 383 g/mol. The number of piperidine rings is 1. The zero-order valence-corrected chi connectivity index (χ0v) is 15.9. The second-order valence-corrected chi connectivity index (χ2v) is 7.62. The predicted molar refractivity (Wildman–Crippen MR) is 106 cm³/mol. The summed E-state index contributed by atoms with van der Waals surface area (Å²) in [5, 5.41) is 3.14. The molecule has 28 heavy (non-hydrogen) atoms. The summed E-state index contributed by atoms with van der Waals surface area (Å²) >= 11 is 0. The number of carbonyl (C=O) groups excluding carboxylic acids is 1. The van der Waals surface area contributed by atoms with Crippen molar-refractivity contribution in [1.29, 1.82) is 0 Å². The number of halogens is 1. The minimum absolute atomic E-state index is 0.0701. The first-order valence-corrected chi connectivity index (χ1v) is 10.0. The van der Waals surface area contributed by atoms with Gasteiger partial charge >= 0.3 is 0 Å². The van der Waals surface area contributed by atoms with Gasteiger partial charge in [-0.3, -0.25) is 9.78 Å². The number of likely N-dealkylation sites (tertiary alicyclic amines) is 1. The SMILES string of the molecule is O=C(NC1CCN(C[C@H]2CCCO2)CC1)c1ccc(-c2ccncc2F)cc1. The fourth-order valence-corrected chi connectivity index (χ4v) is 4.02. The minimum Gasteiger partial charge on any atom is -0.377 e. The van der Waals surface area contributed by atoms with Gasteiger partial charge in [0.1, 0.15) is 5.82 Å². The van der Waals surface area contributed by atoms with Gasteiger partial charge < -0.3 is 15.0 Å². The Labute approximate surface area is 164 Å². The van der Waals surface area contributed by atoms with Crippen LogP contribution in [0.5, 0.6) is 0 Å².